The molecule has 2 N–H and O–H groups in total. The van der Waals surface area contributed by atoms with E-state index in [1.54, 1.807) is 0 Å². The van der Waals surface area contributed by atoms with Gasteiger partial charge in [-0.15, -0.1) is 0 Å². The van der Waals surface area contributed by atoms with Gasteiger partial charge in [-0.3, -0.25) is 9.89 Å². The predicted octanol–water partition coefficient (Wildman–Crippen LogP) is 3.86. The van der Waals surface area contributed by atoms with Crippen molar-refractivity contribution in [2.24, 2.45) is 5.92 Å². The van der Waals surface area contributed by atoms with Gasteiger partial charge in [-0.05, 0) is 37.8 Å². The number of amides is 1. The van der Waals surface area contributed by atoms with Crippen LogP contribution in [0.4, 0.5) is 11.6 Å². The van der Waals surface area contributed by atoms with Gasteiger partial charge in [0.2, 0.25) is 5.91 Å². The molecular weight excluding hydrogens is 314 g/mol. The number of pyridine rings is 1. The van der Waals surface area contributed by atoms with E-state index in [0.717, 1.165) is 55.6 Å². The first kappa shape index (κ1) is 16.4. The third kappa shape index (κ3) is 3.62. The molecule has 134 valence electrons. The maximum atomic E-state index is 12.5. The maximum absolute atomic E-state index is 12.5. The van der Waals surface area contributed by atoms with Crippen LogP contribution in [0.1, 0.15) is 57.8 Å². The number of anilines is 2. The fourth-order valence-electron chi connectivity index (χ4n) is 4.05. The number of hydrogen-bond acceptors (Lipinski definition) is 4. The molecule has 0 unspecified atom stereocenters. The van der Waals surface area contributed by atoms with Crippen LogP contribution in [0.3, 0.4) is 0 Å². The monoisotopic (exact) mass is 341 g/mol. The molecule has 25 heavy (non-hydrogen) atoms. The molecule has 1 saturated carbocycles. The van der Waals surface area contributed by atoms with Crippen LogP contribution >= 0.6 is 0 Å². The smallest absolute Gasteiger partial charge is 0.228 e. The van der Waals surface area contributed by atoms with E-state index in [2.05, 4.69) is 26.5 Å². The van der Waals surface area contributed by atoms with Crippen LogP contribution in [0.15, 0.2) is 12.1 Å². The van der Waals surface area contributed by atoms with Crippen molar-refractivity contribution in [1.82, 2.24) is 15.2 Å². The van der Waals surface area contributed by atoms with Gasteiger partial charge < -0.3 is 10.2 Å². The third-order valence-electron chi connectivity index (χ3n) is 5.56. The molecule has 2 aromatic rings. The van der Waals surface area contributed by atoms with Crippen LogP contribution in [0, 0.1) is 5.92 Å². The van der Waals surface area contributed by atoms with Crippen molar-refractivity contribution >= 4 is 28.6 Å². The SMILES string of the molecule is O=C(Nc1n[nH]c2nc(N3CCCCCC3)ccc12)C1CCCCC1. The highest BCUT2D eigenvalue weighted by molar-refractivity contribution is 5.99. The number of aromatic nitrogens is 3. The summed E-state index contributed by atoms with van der Waals surface area (Å²) >= 11 is 0. The van der Waals surface area contributed by atoms with Gasteiger partial charge in [0.1, 0.15) is 5.82 Å². The molecule has 0 aromatic carbocycles. The van der Waals surface area contributed by atoms with E-state index >= 15 is 0 Å². The Morgan fingerprint density at radius 3 is 2.52 bits per heavy atom. The largest absolute Gasteiger partial charge is 0.357 e. The molecule has 1 aliphatic heterocycles. The van der Waals surface area contributed by atoms with Crippen molar-refractivity contribution < 1.29 is 4.79 Å². The molecule has 2 aliphatic rings. The number of carbonyl (C=O) groups is 1. The number of fused-ring (bicyclic) bond motifs is 1. The number of nitrogens with zero attached hydrogens (tertiary/aromatic N) is 3. The summed E-state index contributed by atoms with van der Waals surface area (Å²) in [5, 5.41) is 11.2. The van der Waals surface area contributed by atoms with Gasteiger partial charge in [-0.2, -0.15) is 5.10 Å². The minimum Gasteiger partial charge on any atom is -0.357 e. The molecule has 3 heterocycles. The van der Waals surface area contributed by atoms with E-state index in [1.165, 1.54) is 32.1 Å². The highest BCUT2D eigenvalue weighted by atomic mass is 16.2. The van der Waals surface area contributed by atoms with Crippen LogP contribution in [0.5, 0.6) is 0 Å². The van der Waals surface area contributed by atoms with Gasteiger partial charge in [0.05, 0.1) is 5.39 Å². The summed E-state index contributed by atoms with van der Waals surface area (Å²) in [6.07, 6.45) is 10.6. The highest BCUT2D eigenvalue weighted by Gasteiger charge is 2.22. The summed E-state index contributed by atoms with van der Waals surface area (Å²) in [6.45, 7) is 2.13. The topological polar surface area (TPSA) is 73.9 Å². The normalized spacial score (nSPS) is 19.8. The summed E-state index contributed by atoms with van der Waals surface area (Å²) in [4.78, 5) is 19.6. The molecular formula is C19H27N5O. The second kappa shape index (κ2) is 7.42. The van der Waals surface area contributed by atoms with E-state index in [4.69, 9.17) is 4.98 Å². The fourth-order valence-corrected chi connectivity index (χ4v) is 4.05. The molecule has 2 aromatic heterocycles. The molecule has 1 amide bonds. The Morgan fingerprint density at radius 1 is 1.04 bits per heavy atom. The highest BCUT2D eigenvalue weighted by Crippen LogP contribution is 2.27. The lowest BCUT2D eigenvalue weighted by molar-refractivity contribution is -0.120. The molecule has 2 fully saturated rings. The summed E-state index contributed by atoms with van der Waals surface area (Å²) in [7, 11) is 0. The molecule has 0 atom stereocenters. The van der Waals surface area contributed by atoms with Gasteiger partial charge >= 0.3 is 0 Å². The Morgan fingerprint density at radius 2 is 1.76 bits per heavy atom. The van der Waals surface area contributed by atoms with Crippen LogP contribution in [0.2, 0.25) is 0 Å². The summed E-state index contributed by atoms with van der Waals surface area (Å²) < 4.78 is 0. The van der Waals surface area contributed by atoms with Gasteiger partial charge in [-0.1, -0.05) is 32.1 Å². The minimum absolute atomic E-state index is 0.102. The van der Waals surface area contributed by atoms with Crippen molar-refractivity contribution in [3.63, 3.8) is 0 Å². The predicted molar refractivity (Wildman–Crippen MR) is 99.8 cm³/mol. The standard InChI is InChI=1S/C19H27N5O/c25-19(14-8-4-3-5-9-14)21-18-15-10-11-16(20-17(15)22-23-18)24-12-6-1-2-7-13-24/h10-11,14H,1-9,12-13H2,(H2,20,21,22,23,25). The third-order valence-corrected chi connectivity index (χ3v) is 5.56. The van der Waals surface area contributed by atoms with Crippen molar-refractivity contribution in [1.29, 1.82) is 0 Å². The van der Waals surface area contributed by atoms with Crippen LogP contribution in [0.25, 0.3) is 11.0 Å². The molecule has 1 saturated heterocycles. The summed E-state index contributed by atoms with van der Waals surface area (Å²) in [5.41, 5.74) is 0.751. The number of H-pyrrole nitrogens is 1. The minimum atomic E-state index is 0.102. The quantitative estimate of drug-likeness (QED) is 0.889. The first-order chi connectivity index (χ1) is 12.3. The van der Waals surface area contributed by atoms with Crippen LogP contribution in [-0.4, -0.2) is 34.2 Å². The molecule has 0 radical (unpaired) electrons. The molecule has 0 spiro atoms. The average molecular weight is 341 g/mol. The zero-order valence-electron chi connectivity index (χ0n) is 14.8. The second-order valence-electron chi connectivity index (χ2n) is 7.36. The van der Waals surface area contributed by atoms with Crippen LogP contribution in [-0.2, 0) is 4.79 Å². The number of aromatic amines is 1. The van der Waals surface area contributed by atoms with Crippen molar-refractivity contribution in [3.05, 3.63) is 12.1 Å². The van der Waals surface area contributed by atoms with Gasteiger partial charge in [0.15, 0.2) is 11.5 Å². The lowest BCUT2D eigenvalue weighted by Gasteiger charge is -2.21. The van der Waals surface area contributed by atoms with E-state index in [0.29, 0.717) is 5.82 Å². The second-order valence-corrected chi connectivity index (χ2v) is 7.36. The average Bonchev–Trinajstić information content (AvgIpc) is 2.87. The molecule has 6 heteroatoms. The Labute approximate surface area is 148 Å². The lowest BCUT2D eigenvalue weighted by atomic mass is 9.89. The fraction of sp³-hybridized carbons (Fsp3) is 0.632. The molecule has 1 aliphatic carbocycles. The lowest BCUT2D eigenvalue weighted by Crippen LogP contribution is -2.25. The number of hydrogen-bond donors (Lipinski definition) is 2. The zero-order valence-corrected chi connectivity index (χ0v) is 14.8. The summed E-state index contributed by atoms with van der Waals surface area (Å²) in [6, 6.07) is 4.09. The van der Waals surface area contributed by atoms with Crippen molar-refractivity contribution in [3.8, 4) is 0 Å². The van der Waals surface area contributed by atoms with E-state index in [1.807, 2.05) is 6.07 Å². The molecule has 0 bridgehead atoms. The Kier molecular flexibility index (Phi) is 4.85. The maximum Gasteiger partial charge on any atom is 0.228 e. The zero-order chi connectivity index (χ0) is 17.1. The first-order valence-corrected chi connectivity index (χ1v) is 9.72. The van der Waals surface area contributed by atoms with Crippen molar-refractivity contribution in [2.75, 3.05) is 23.3 Å². The van der Waals surface area contributed by atoms with Gasteiger partial charge in [0, 0.05) is 19.0 Å². The van der Waals surface area contributed by atoms with Gasteiger partial charge in [-0.25, -0.2) is 4.98 Å². The molecule has 6 nitrogen and oxygen atoms in total. The number of nitrogens with one attached hydrogen (secondary N) is 2. The van der Waals surface area contributed by atoms with E-state index < -0.39 is 0 Å². The number of carbonyl (C=O) groups excluding carboxylic acids is 1. The Bertz CT molecular complexity index is 726. The first-order valence-electron chi connectivity index (χ1n) is 9.72. The van der Waals surface area contributed by atoms with Gasteiger partial charge in [0.25, 0.3) is 0 Å². The van der Waals surface area contributed by atoms with Crippen LogP contribution < -0.4 is 10.2 Å². The Hall–Kier alpha value is -2.11. The Balaban J connectivity index is 1.50. The summed E-state index contributed by atoms with van der Waals surface area (Å²) in [5.74, 6) is 1.85. The number of rotatable bonds is 3. The van der Waals surface area contributed by atoms with E-state index in [-0.39, 0.29) is 11.8 Å². The molecule has 4 rings (SSSR count). The van der Waals surface area contributed by atoms with E-state index in [9.17, 15) is 4.79 Å². The van der Waals surface area contributed by atoms with Crippen molar-refractivity contribution in [2.45, 2.75) is 57.8 Å².